The molecule has 7 nitrogen and oxygen atoms in total. The van der Waals surface area contributed by atoms with Gasteiger partial charge in [-0.2, -0.15) is 0 Å². The van der Waals surface area contributed by atoms with Gasteiger partial charge < -0.3 is 13.6 Å². The third kappa shape index (κ3) is 5.44. The summed E-state index contributed by atoms with van der Waals surface area (Å²) in [4.78, 5) is 20.5. The van der Waals surface area contributed by atoms with Crippen LogP contribution < -0.4 is 0 Å². The van der Waals surface area contributed by atoms with E-state index in [0.29, 0.717) is 28.9 Å². The van der Waals surface area contributed by atoms with Crippen molar-refractivity contribution in [3.63, 3.8) is 0 Å². The van der Waals surface area contributed by atoms with E-state index in [2.05, 4.69) is 143 Å². The third-order valence-electron chi connectivity index (χ3n) is 11.2. The maximum absolute atomic E-state index is 6.18. The smallest absolute Gasteiger partial charge is 0.227 e. The molecule has 276 valence electrons. The van der Waals surface area contributed by atoms with Crippen LogP contribution in [-0.2, 0) is 0 Å². The first-order valence-electron chi connectivity index (χ1n) is 19.6. The number of hydrogen-bond donors (Lipinski definition) is 0. The molecule has 0 saturated carbocycles. The van der Waals surface area contributed by atoms with Gasteiger partial charge in [0.2, 0.25) is 5.89 Å². The van der Waals surface area contributed by atoms with Crippen LogP contribution in [-0.4, -0.2) is 29.1 Å². The summed E-state index contributed by atoms with van der Waals surface area (Å²) in [6.07, 6.45) is 0. The molecule has 0 saturated heterocycles. The molecule has 0 amide bonds. The quantitative estimate of drug-likeness (QED) is 0.169. The van der Waals surface area contributed by atoms with E-state index in [1.165, 1.54) is 0 Å². The Labute approximate surface area is 338 Å². The predicted octanol–water partition coefficient (Wildman–Crippen LogP) is 12.9. The molecule has 59 heavy (non-hydrogen) atoms. The SMILES string of the molecule is c1ccc(-c2nc3cc(-c4nc(-c5ccc6c(c5)c5ccccc5n6-c5ccccc5)nc(-c5ccc6c(c5)c5ccccc5n6-c5ccccc5)n4)ccc3o2)cc1. The highest BCUT2D eigenvalue weighted by molar-refractivity contribution is 6.11. The summed E-state index contributed by atoms with van der Waals surface area (Å²) in [6, 6.07) is 67.0. The molecule has 12 rings (SSSR count). The third-order valence-corrected chi connectivity index (χ3v) is 11.2. The molecule has 0 atom stereocenters. The Balaban J connectivity index is 1.06. The highest BCUT2D eigenvalue weighted by Crippen LogP contribution is 2.38. The first-order chi connectivity index (χ1) is 29.2. The molecule has 0 bridgehead atoms. The molecule has 4 heterocycles. The van der Waals surface area contributed by atoms with E-state index in [1.54, 1.807) is 0 Å². The summed E-state index contributed by atoms with van der Waals surface area (Å²) in [5.41, 5.74) is 11.7. The molecule has 0 unspecified atom stereocenters. The van der Waals surface area contributed by atoms with Crippen LogP contribution in [0, 0.1) is 0 Å². The van der Waals surface area contributed by atoms with E-state index >= 15 is 0 Å². The number of hydrogen-bond acceptors (Lipinski definition) is 5. The fraction of sp³-hybridized carbons (Fsp3) is 0. The molecule has 0 aliphatic carbocycles. The molecule has 0 aliphatic rings. The molecule has 0 fully saturated rings. The van der Waals surface area contributed by atoms with E-state index in [1.807, 2.05) is 60.7 Å². The largest absolute Gasteiger partial charge is 0.436 e. The second-order valence-electron chi connectivity index (χ2n) is 14.7. The molecular weight excluding hydrogens is 725 g/mol. The topological polar surface area (TPSA) is 74.6 Å². The van der Waals surface area contributed by atoms with E-state index in [-0.39, 0.29) is 0 Å². The van der Waals surface area contributed by atoms with Crippen LogP contribution in [0.25, 0.3) is 112 Å². The maximum atomic E-state index is 6.18. The van der Waals surface area contributed by atoms with Gasteiger partial charge >= 0.3 is 0 Å². The monoisotopic (exact) mass is 756 g/mol. The van der Waals surface area contributed by atoms with Crippen LogP contribution in [0.15, 0.2) is 199 Å². The summed E-state index contributed by atoms with van der Waals surface area (Å²) in [6.45, 7) is 0. The van der Waals surface area contributed by atoms with E-state index in [9.17, 15) is 0 Å². The second-order valence-corrected chi connectivity index (χ2v) is 14.7. The summed E-state index contributed by atoms with van der Waals surface area (Å²) in [7, 11) is 0. The zero-order chi connectivity index (χ0) is 38.9. The Hall–Kier alpha value is -8.16. The number of oxazole rings is 1. The Bertz CT molecular complexity index is 3380. The molecule has 7 heteroatoms. The van der Waals surface area contributed by atoms with Gasteiger partial charge in [0.15, 0.2) is 23.1 Å². The van der Waals surface area contributed by atoms with Gasteiger partial charge in [-0.25, -0.2) is 19.9 Å². The lowest BCUT2D eigenvalue weighted by Crippen LogP contribution is -2.00. The van der Waals surface area contributed by atoms with Gasteiger partial charge in [-0.1, -0.05) is 91.0 Å². The summed E-state index contributed by atoms with van der Waals surface area (Å²) in [5, 5.41) is 4.57. The lowest BCUT2D eigenvalue weighted by Gasteiger charge is -2.10. The van der Waals surface area contributed by atoms with Crippen LogP contribution in [0.5, 0.6) is 0 Å². The van der Waals surface area contributed by atoms with Crippen molar-refractivity contribution in [2.75, 3.05) is 0 Å². The van der Waals surface area contributed by atoms with Gasteiger partial charge in [-0.3, -0.25) is 0 Å². The first-order valence-corrected chi connectivity index (χ1v) is 19.6. The standard InChI is InChI=1S/C52H32N6O/c1-4-14-33(15-5-1)52-53-43-32-36(26-29-48(43)59-52)51-55-49(34-24-27-46-41(30-34)39-20-10-12-22-44(39)57(46)37-16-6-2-7-17-37)54-50(56-51)35-25-28-47-42(31-35)40-21-11-13-23-45(40)58(47)38-18-8-3-9-19-38/h1-32H. The van der Waals surface area contributed by atoms with Crippen molar-refractivity contribution >= 4 is 54.7 Å². The van der Waals surface area contributed by atoms with Crippen LogP contribution in [0.4, 0.5) is 0 Å². The van der Waals surface area contributed by atoms with E-state index in [0.717, 1.165) is 82.8 Å². The van der Waals surface area contributed by atoms with Crippen molar-refractivity contribution in [2.24, 2.45) is 0 Å². The van der Waals surface area contributed by atoms with Crippen molar-refractivity contribution in [2.45, 2.75) is 0 Å². The zero-order valence-corrected chi connectivity index (χ0v) is 31.6. The lowest BCUT2D eigenvalue weighted by molar-refractivity contribution is 0.620. The molecule has 8 aromatic carbocycles. The molecule has 4 aromatic heterocycles. The summed E-state index contributed by atoms with van der Waals surface area (Å²) < 4.78 is 10.8. The number of para-hydroxylation sites is 4. The fourth-order valence-electron chi connectivity index (χ4n) is 8.47. The van der Waals surface area contributed by atoms with Crippen molar-refractivity contribution in [1.29, 1.82) is 0 Å². The minimum atomic E-state index is 0.551. The van der Waals surface area contributed by atoms with Gasteiger partial charge in [-0.15, -0.1) is 0 Å². The molecular formula is C52H32N6O. The number of nitrogens with zero attached hydrogens (tertiary/aromatic N) is 6. The van der Waals surface area contributed by atoms with Crippen molar-refractivity contribution < 1.29 is 4.42 Å². The van der Waals surface area contributed by atoms with Crippen LogP contribution in [0.1, 0.15) is 0 Å². The second kappa shape index (κ2) is 13.2. The summed E-state index contributed by atoms with van der Waals surface area (Å²) in [5.74, 6) is 2.29. The lowest BCUT2D eigenvalue weighted by atomic mass is 10.1. The average Bonchev–Trinajstić information content (AvgIpc) is 3.99. The molecule has 12 aromatic rings. The average molecular weight is 757 g/mol. The van der Waals surface area contributed by atoms with Gasteiger partial charge in [0, 0.05) is 55.2 Å². The van der Waals surface area contributed by atoms with Crippen molar-refractivity contribution in [3.8, 4) is 57.0 Å². The number of fused-ring (bicyclic) bond motifs is 7. The Morgan fingerprint density at radius 2 is 0.746 bits per heavy atom. The van der Waals surface area contributed by atoms with Gasteiger partial charge in [0.25, 0.3) is 0 Å². The van der Waals surface area contributed by atoms with Gasteiger partial charge in [0.1, 0.15) is 5.52 Å². The maximum Gasteiger partial charge on any atom is 0.227 e. The van der Waals surface area contributed by atoms with Crippen molar-refractivity contribution in [3.05, 3.63) is 194 Å². The van der Waals surface area contributed by atoms with E-state index in [4.69, 9.17) is 24.4 Å². The highest BCUT2D eigenvalue weighted by atomic mass is 16.3. The minimum absolute atomic E-state index is 0.551. The van der Waals surface area contributed by atoms with E-state index < -0.39 is 0 Å². The minimum Gasteiger partial charge on any atom is -0.436 e. The fourth-order valence-corrected chi connectivity index (χ4v) is 8.47. The first kappa shape index (κ1) is 33.0. The Kier molecular flexibility index (Phi) is 7.40. The van der Waals surface area contributed by atoms with Crippen LogP contribution in [0.3, 0.4) is 0 Å². The normalized spacial score (nSPS) is 11.7. The summed E-state index contributed by atoms with van der Waals surface area (Å²) >= 11 is 0. The highest BCUT2D eigenvalue weighted by Gasteiger charge is 2.19. The molecule has 0 aliphatic heterocycles. The molecule has 0 radical (unpaired) electrons. The molecule has 0 N–H and O–H groups in total. The Morgan fingerprint density at radius 1 is 0.322 bits per heavy atom. The Morgan fingerprint density at radius 3 is 1.27 bits per heavy atom. The molecule has 0 spiro atoms. The van der Waals surface area contributed by atoms with Gasteiger partial charge in [0.05, 0.1) is 22.1 Å². The zero-order valence-electron chi connectivity index (χ0n) is 31.6. The van der Waals surface area contributed by atoms with Crippen LogP contribution >= 0.6 is 0 Å². The number of rotatable bonds is 6. The van der Waals surface area contributed by atoms with Crippen LogP contribution in [0.2, 0.25) is 0 Å². The number of aromatic nitrogens is 6. The predicted molar refractivity (Wildman–Crippen MR) is 238 cm³/mol. The number of benzene rings is 8. The van der Waals surface area contributed by atoms with Crippen molar-refractivity contribution in [1.82, 2.24) is 29.1 Å². The van der Waals surface area contributed by atoms with Gasteiger partial charge in [-0.05, 0) is 103 Å².